The molecule has 2 aromatic carbocycles. The molecule has 33 heavy (non-hydrogen) atoms. The van der Waals surface area contributed by atoms with Crippen LogP contribution < -0.4 is 5.32 Å². The predicted octanol–water partition coefficient (Wildman–Crippen LogP) is 2.01. The Kier molecular flexibility index (Phi) is 7.36. The highest BCUT2D eigenvalue weighted by atomic mass is 35.5. The van der Waals surface area contributed by atoms with E-state index in [0.29, 0.717) is 49.6 Å². The number of hydrogen-bond acceptors (Lipinski definition) is 5. The van der Waals surface area contributed by atoms with Crippen LogP contribution >= 0.6 is 11.6 Å². The summed E-state index contributed by atoms with van der Waals surface area (Å²) in [5, 5.41) is 3.45. The van der Waals surface area contributed by atoms with Gasteiger partial charge in [0.2, 0.25) is 5.91 Å². The van der Waals surface area contributed by atoms with Crippen molar-refractivity contribution in [1.29, 1.82) is 0 Å². The van der Waals surface area contributed by atoms with Gasteiger partial charge in [-0.3, -0.25) is 14.5 Å². The Hall–Kier alpha value is -2.42. The molecule has 7 nitrogen and oxygen atoms in total. The van der Waals surface area contributed by atoms with E-state index in [1.54, 1.807) is 29.2 Å². The zero-order valence-corrected chi connectivity index (χ0v) is 19.9. The Morgan fingerprint density at radius 2 is 1.67 bits per heavy atom. The Morgan fingerprint density at radius 3 is 2.27 bits per heavy atom. The van der Waals surface area contributed by atoms with Crippen LogP contribution in [0.15, 0.2) is 54.6 Å². The predicted molar refractivity (Wildman–Crippen MR) is 128 cm³/mol. The van der Waals surface area contributed by atoms with Crippen LogP contribution in [-0.2, 0) is 21.1 Å². The van der Waals surface area contributed by atoms with Crippen molar-refractivity contribution < 1.29 is 18.0 Å². The first-order valence-electron chi connectivity index (χ1n) is 11.1. The third-order valence-corrected chi connectivity index (χ3v) is 8.35. The first-order chi connectivity index (χ1) is 15.8. The van der Waals surface area contributed by atoms with Crippen molar-refractivity contribution in [2.45, 2.75) is 24.9 Å². The average molecular weight is 490 g/mol. The second kappa shape index (κ2) is 10.2. The van der Waals surface area contributed by atoms with Gasteiger partial charge in [0.25, 0.3) is 5.91 Å². The molecule has 1 unspecified atom stereocenters. The van der Waals surface area contributed by atoms with Gasteiger partial charge < -0.3 is 10.2 Å². The van der Waals surface area contributed by atoms with Gasteiger partial charge >= 0.3 is 0 Å². The molecule has 2 fully saturated rings. The van der Waals surface area contributed by atoms with Gasteiger partial charge in [-0.2, -0.15) is 0 Å². The highest BCUT2D eigenvalue weighted by molar-refractivity contribution is 7.91. The maximum Gasteiger partial charge on any atom is 0.251 e. The summed E-state index contributed by atoms with van der Waals surface area (Å²) in [6.45, 7) is 2.29. The third-order valence-electron chi connectivity index (χ3n) is 6.34. The fraction of sp³-hybridized carbons (Fsp3) is 0.417. The summed E-state index contributed by atoms with van der Waals surface area (Å²) in [5.74, 6) is -0.00266. The van der Waals surface area contributed by atoms with Gasteiger partial charge in [-0.25, -0.2) is 8.42 Å². The van der Waals surface area contributed by atoms with E-state index in [1.165, 1.54) is 0 Å². The molecule has 2 aromatic rings. The Labute approximate surface area is 199 Å². The Balaban J connectivity index is 1.43. The summed E-state index contributed by atoms with van der Waals surface area (Å²) in [6.07, 6.45) is 1.05. The van der Waals surface area contributed by atoms with Crippen molar-refractivity contribution >= 4 is 33.3 Å². The van der Waals surface area contributed by atoms with Gasteiger partial charge in [0.15, 0.2) is 9.84 Å². The van der Waals surface area contributed by atoms with Gasteiger partial charge in [0.05, 0.1) is 11.5 Å². The molecule has 9 heteroatoms. The number of nitrogens with zero attached hydrogens (tertiary/aromatic N) is 2. The molecule has 2 amide bonds. The van der Waals surface area contributed by atoms with Gasteiger partial charge in [-0.1, -0.05) is 41.9 Å². The summed E-state index contributed by atoms with van der Waals surface area (Å²) < 4.78 is 23.6. The first-order valence-corrected chi connectivity index (χ1v) is 13.3. The molecule has 176 valence electrons. The molecule has 0 aromatic heterocycles. The topological polar surface area (TPSA) is 86.8 Å². The molecule has 2 aliphatic rings. The lowest BCUT2D eigenvalue weighted by molar-refractivity contribution is -0.135. The van der Waals surface area contributed by atoms with Gasteiger partial charge in [-0.15, -0.1) is 0 Å². The summed E-state index contributed by atoms with van der Waals surface area (Å²) in [4.78, 5) is 30.2. The molecule has 4 rings (SSSR count). The number of amides is 2. The largest absolute Gasteiger partial charge is 0.340 e. The second-order valence-electron chi connectivity index (χ2n) is 8.64. The minimum absolute atomic E-state index is 0.0389. The van der Waals surface area contributed by atoms with Crippen LogP contribution in [0, 0.1) is 0 Å². The van der Waals surface area contributed by atoms with E-state index < -0.39 is 15.9 Å². The molecule has 2 saturated heterocycles. The van der Waals surface area contributed by atoms with Crippen molar-refractivity contribution in [3.05, 3.63) is 70.7 Å². The fourth-order valence-electron chi connectivity index (χ4n) is 4.48. The van der Waals surface area contributed by atoms with Crippen LogP contribution in [0.3, 0.4) is 0 Å². The van der Waals surface area contributed by atoms with Crippen LogP contribution in [0.1, 0.15) is 22.3 Å². The fourth-order valence-corrected chi connectivity index (χ4v) is 6.37. The molecule has 0 radical (unpaired) electrons. The zero-order valence-electron chi connectivity index (χ0n) is 18.3. The zero-order chi connectivity index (χ0) is 23.4. The van der Waals surface area contributed by atoms with Crippen LogP contribution in [0.5, 0.6) is 0 Å². The SMILES string of the molecule is O=C(N[C@@H](Cc1ccccc1)C(=O)N1CCN(C2CCS(=O)(=O)C2)CC1)c1ccc(Cl)cc1. The van der Waals surface area contributed by atoms with Crippen molar-refractivity contribution in [3.63, 3.8) is 0 Å². The van der Waals surface area contributed by atoms with E-state index in [-0.39, 0.29) is 29.4 Å². The number of carbonyl (C=O) groups is 2. The number of rotatable bonds is 6. The molecular weight excluding hydrogens is 462 g/mol. The minimum atomic E-state index is -2.94. The lowest BCUT2D eigenvalue weighted by Gasteiger charge is -2.39. The summed E-state index contributed by atoms with van der Waals surface area (Å²) in [6, 6.07) is 15.5. The maximum absolute atomic E-state index is 13.4. The van der Waals surface area contributed by atoms with Crippen molar-refractivity contribution in [2.75, 3.05) is 37.7 Å². The molecule has 1 N–H and O–H groups in total. The van der Waals surface area contributed by atoms with Crippen LogP contribution in [0.2, 0.25) is 5.02 Å². The highest BCUT2D eigenvalue weighted by Gasteiger charge is 2.35. The molecular formula is C24H28ClN3O4S. The first kappa shape index (κ1) is 23.7. The van der Waals surface area contributed by atoms with E-state index in [0.717, 1.165) is 5.56 Å². The normalized spacial score (nSPS) is 21.5. The van der Waals surface area contributed by atoms with Crippen LogP contribution in [0.4, 0.5) is 0 Å². The average Bonchev–Trinajstić information content (AvgIpc) is 3.19. The molecule has 0 saturated carbocycles. The molecule has 2 atom stereocenters. The molecule has 0 aliphatic carbocycles. The number of nitrogens with one attached hydrogen (secondary N) is 1. The second-order valence-corrected chi connectivity index (χ2v) is 11.3. The number of halogens is 1. The van der Waals surface area contributed by atoms with E-state index in [2.05, 4.69) is 10.2 Å². The molecule has 2 heterocycles. The summed E-state index contributed by atoms with van der Waals surface area (Å²) in [7, 11) is -2.94. The van der Waals surface area contributed by atoms with Gasteiger partial charge in [0, 0.05) is 49.2 Å². The number of sulfone groups is 1. The maximum atomic E-state index is 13.4. The molecule has 0 spiro atoms. The monoisotopic (exact) mass is 489 g/mol. The van der Waals surface area contributed by atoms with E-state index in [4.69, 9.17) is 11.6 Å². The summed E-state index contributed by atoms with van der Waals surface area (Å²) >= 11 is 5.93. The van der Waals surface area contributed by atoms with E-state index in [1.807, 2.05) is 30.3 Å². The number of carbonyl (C=O) groups excluding carboxylic acids is 2. The smallest absolute Gasteiger partial charge is 0.251 e. The summed E-state index contributed by atoms with van der Waals surface area (Å²) in [5.41, 5.74) is 1.40. The van der Waals surface area contributed by atoms with Gasteiger partial charge in [0.1, 0.15) is 6.04 Å². The standard InChI is InChI=1S/C24H28ClN3O4S/c25-20-8-6-19(7-9-20)23(29)26-22(16-18-4-2-1-3-5-18)24(30)28-13-11-27(12-14-28)21-10-15-33(31,32)17-21/h1-9,21-22H,10-17H2,(H,26,29)/t21?,22-/m0/s1. The minimum Gasteiger partial charge on any atom is -0.340 e. The van der Waals surface area contributed by atoms with Gasteiger partial charge in [-0.05, 0) is 36.2 Å². The number of hydrogen-bond donors (Lipinski definition) is 1. The van der Waals surface area contributed by atoms with E-state index >= 15 is 0 Å². The lowest BCUT2D eigenvalue weighted by Crippen LogP contribution is -2.57. The molecule has 2 aliphatic heterocycles. The van der Waals surface area contributed by atoms with Crippen molar-refractivity contribution in [1.82, 2.24) is 15.1 Å². The Bertz CT molecular complexity index is 1080. The van der Waals surface area contributed by atoms with Crippen molar-refractivity contribution in [3.8, 4) is 0 Å². The number of piperazine rings is 1. The Morgan fingerprint density at radius 1 is 1.00 bits per heavy atom. The van der Waals surface area contributed by atoms with E-state index in [9.17, 15) is 18.0 Å². The highest BCUT2D eigenvalue weighted by Crippen LogP contribution is 2.20. The molecule has 0 bridgehead atoms. The van der Waals surface area contributed by atoms with Crippen LogP contribution in [-0.4, -0.2) is 79.8 Å². The third kappa shape index (κ3) is 6.13. The number of benzene rings is 2. The lowest BCUT2D eigenvalue weighted by atomic mass is 10.0. The van der Waals surface area contributed by atoms with Crippen LogP contribution in [0.25, 0.3) is 0 Å². The van der Waals surface area contributed by atoms with Crippen molar-refractivity contribution in [2.24, 2.45) is 0 Å². The quantitative estimate of drug-likeness (QED) is 0.670.